The minimum atomic E-state index is -1.37. The monoisotopic (exact) mass is 240 g/mol. The van der Waals surface area contributed by atoms with Crippen LogP contribution in [0, 0.1) is 10.1 Å². The van der Waals surface area contributed by atoms with Crippen molar-refractivity contribution in [1.82, 2.24) is 0 Å². The third kappa shape index (κ3) is 3.51. The van der Waals surface area contributed by atoms with Gasteiger partial charge in [0.25, 0.3) is 5.69 Å². The first-order chi connectivity index (χ1) is 7.91. The van der Waals surface area contributed by atoms with E-state index < -0.39 is 23.0 Å². The Bertz CT molecular complexity index is 417. The molecule has 0 aromatic heterocycles. The van der Waals surface area contributed by atoms with Crippen LogP contribution in [0.25, 0.3) is 0 Å². The second-order valence-electron chi connectivity index (χ2n) is 3.56. The molecule has 7 nitrogen and oxygen atoms in total. The van der Waals surface area contributed by atoms with E-state index >= 15 is 0 Å². The molecule has 92 valence electrons. The predicted octanol–water partition coefficient (Wildman–Crippen LogP) is -0.0899. The zero-order valence-electron chi connectivity index (χ0n) is 8.81. The number of carboxylic acid groups (broad SMARTS) is 1. The van der Waals surface area contributed by atoms with Gasteiger partial charge in [-0.05, 0) is 5.56 Å². The molecule has 17 heavy (non-hydrogen) atoms. The molecule has 1 aromatic rings. The molecule has 4 N–H and O–H groups in total. The van der Waals surface area contributed by atoms with Gasteiger partial charge in [-0.3, -0.25) is 14.9 Å². The highest BCUT2D eigenvalue weighted by molar-refractivity contribution is 5.73. The molecule has 1 rings (SSSR count). The van der Waals surface area contributed by atoms with Gasteiger partial charge in [-0.15, -0.1) is 0 Å². The van der Waals surface area contributed by atoms with Gasteiger partial charge in [-0.1, -0.05) is 12.1 Å². The topological polar surface area (TPSA) is 127 Å². The highest BCUT2D eigenvalue weighted by Crippen LogP contribution is 2.13. The summed E-state index contributed by atoms with van der Waals surface area (Å²) in [5, 5.41) is 28.4. The molecule has 0 radical (unpaired) electrons. The molecular formula is C10H12N2O5. The van der Waals surface area contributed by atoms with Crippen molar-refractivity contribution < 1.29 is 19.9 Å². The second-order valence-corrected chi connectivity index (χ2v) is 3.56. The Balaban J connectivity index is 2.69. The zero-order valence-corrected chi connectivity index (χ0v) is 8.81. The van der Waals surface area contributed by atoms with Crippen molar-refractivity contribution in [3.8, 4) is 0 Å². The van der Waals surface area contributed by atoms with Crippen molar-refractivity contribution in [1.29, 1.82) is 0 Å². The summed E-state index contributed by atoms with van der Waals surface area (Å²) >= 11 is 0. The molecule has 0 bridgehead atoms. The molecule has 0 aliphatic carbocycles. The Labute approximate surface area is 96.6 Å². The largest absolute Gasteiger partial charge is 0.480 e. The lowest BCUT2D eigenvalue weighted by atomic mass is 10.0. The summed E-state index contributed by atoms with van der Waals surface area (Å²) in [7, 11) is 0. The van der Waals surface area contributed by atoms with Crippen LogP contribution < -0.4 is 5.73 Å². The van der Waals surface area contributed by atoms with Gasteiger partial charge in [0, 0.05) is 18.6 Å². The van der Waals surface area contributed by atoms with E-state index in [0.717, 1.165) is 0 Å². The van der Waals surface area contributed by atoms with Gasteiger partial charge in [0.1, 0.15) is 6.04 Å². The number of aliphatic hydroxyl groups is 1. The lowest BCUT2D eigenvalue weighted by Gasteiger charge is -2.14. The van der Waals surface area contributed by atoms with Crippen LogP contribution in [-0.4, -0.2) is 33.3 Å². The minimum Gasteiger partial charge on any atom is -0.480 e. The molecule has 0 heterocycles. The molecule has 2 atom stereocenters. The number of rotatable bonds is 5. The molecule has 0 amide bonds. The number of nitrogens with two attached hydrogens (primary N) is 1. The number of aliphatic carboxylic acids is 1. The van der Waals surface area contributed by atoms with Crippen LogP contribution in [0.5, 0.6) is 0 Å². The fourth-order valence-corrected chi connectivity index (χ4v) is 1.29. The van der Waals surface area contributed by atoms with Crippen LogP contribution >= 0.6 is 0 Å². The third-order valence-corrected chi connectivity index (χ3v) is 2.29. The van der Waals surface area contributed by atoms with E-state index in [9.17, 15) is 20.0 Å². The van der Waals surface area contributed by atoms with E-state index in [1.54, 1.807) is 0 Å². The quantitative estimate of drug-likeness (QED) is 0.487. The number of carboxylic acids is 1. The molecule has 0 aliphatic heterocycles. The van der Waals surface area contributed by atoms with Crippen molar-refractivity contribution in [2.75, 3.05) is 0 Å². The molecule has 7 heteroatoms. The lowest BCUT2D eigenvalue weighted by molar-refractivity contribution is -0.384. The fourth-order valence-electron chi connectivity index (χ4n) is 1.29. The number of nitro groups is 1. The molecule has 0 spiro atoms. The number of carbonyl (C=O) groups is 1. The lowest BCUT2D eigenvalue weighted by Crippen LogP contribution is -2.42. The Hall–Kier alpha value is -1.99. The Morgan fingerprint density at radius 3 is 2.35 bits per heavy atom. The standard InChI is InChI=1S/C10H12N2O5/c11-9(10(14)15)8(13)5-6-1-3-7(4-2-6)12(16)17/h1-4,8-9,13H,5,11H2,(H,14,15)/t8?,9-/m1/s1. The summed E-state index contributed by atoms with van der Waals surface area (Å²) < 4.78 is 0. The smallest absolute Gasteiger partial charge is 0.323 e. The Morgan fingerprint density at radius 1 is 1.41 bits per heavy atom. The molecule has 0 saturated heterocycles. The minimum absolute atomic E-state index is 0.0332. The SMILES string of the molecule is N[C@@H](C(=O)O)C(O)Cc1ccc([N+](=O)[O-])cc1. The van der Waals surface area contributed by atoms with Gasteiger partial charge in [0.05, 0.1) is 11.0 Å². The van der Waals surface area contributed by atoms with E-state index in [2.05, 4.69) is 0 Å². The first-order valence-electron chi connectivity index (χ1n) is 4.81. The average molecular weight is 240 g/mol. The number of non-ortho nitro benzene ring substituents is 1. The Morgan fingerprint density at radius 2 is 1.94 bits per heavy atom. The van der Waals surface area contributed by atoms with E-state index in [1.807, 2.05) is 0 Å². The number of nitro benzene ring substituents is 1. The summed E-state index contributed by atoms with van der Waals surface area (Å²) in [6, 6.07) is 4.11. The molecule has 0 fully saturated rings. The predicted molar refractivity (Wildman–Crippen MR) is 58.4 cm³/mol. The van der Waals surface area contributed by atoms with Crippen molar-refractivity contribution in [3.05, 3.63) is 39.9 Å². The van der Waals surface area contributed by atoms with Crippen LogP contribution in [0.3, 0.4) is 0 Å². The van der Waals surface area contributed by atoms with Gasteiger partial charge in [-0.25, -0.2) is 0 Å². The second kappa shape index (κ2) is 5.37. The molecule has 0 aliphatic rings. The van der Waals surface area contributed by atoms with E-state index in [0.29, 0.717) is 5.56 Å². The zero-order chi connectivity index (χ0) is 13.0. The van der Waals surface area contributed by atoms with Crippen LogP contribution in [0.15, 0.2) is 24.3 Å². The van der Waals surface area contributed by atoms with Crippen LogP contribution in [0.4, 0.5) is 5.69 Å². The normalized spacial score (nSPS) is 14.0. The summed E-state index contributed by atoms with van der Waals surface area (Å²) in [5.74, 6) is -1.29. The van der Waals surface area contributed by atoms with Gasteiger partial charge in [0.2, 0.25) is 0 Å². The molecule has 1 aromatic carbocycles. The van der Waals surface area contributed by atoms with Crippen LogP contribution in [0.1, 0.15) is 5.56 Å². The van der Waals surface area contributed by atoms with Crippen LogP contribution in [0.2, 0.25) is 0 Å². The number of nitrogens with zero attached hydrogens (tertiary/aromatic N) is 1. The summed E-state index contributed by atoms with van der Waals surface area (Å²) in [5.41, 5.74) is 5.75. The van der Waals surface area contributed by atoms with Gasteiger partial charge in [-0.2, -0.15) is 0 Å². The van der Waals surface area contributed by atoms with Gasteiger partial charge in [0.15, 0.2) is 0 Å². The van der Waals surface area contributed by atoms with E-state index in [1.165, 1.54) is 24.3 Å². The van der Waals surface area contributed by atoms with Crippen molar-refractivity contribution in [2.45, 2.75) is 18.6 Å². The first kappa shape index (κ1) is 13.1. The number of hydrogen-bond donors (Lipinski definition) is 3. The highest BCUT2D eigenvalue weighted by atomic mass is 16.6. The maximum Gasteiger partial charge on any atom is 0.323 e. The number of benzene rings is 1. The molecular weight excluding hydrogens is 228 g/mol. The first-order valence-corrected chi connectivity index (χ1v) is 4.81. The van der Waals surface area contributed by atoms with Gasteiger partial charge >= 0.3 is 5.97 Å². The number of aliphatic hydroxyl groups excluding tert-OH is 1. The summed E-state index contributed by atoms with van der Waals surface area (Å²) in [4.78, 5) is 20.4. The Kier molecular flexibility index (Phi) is 4.13. The average Bonchev–Trinajstić information content (AvgIpc) is 2.28. The van der Waals surface area contributed by atoms with Gasteiger partial charge < -0.3 is 15.9 Å². The van der Waals surface area contributed by atoms with Crippen LogP contribution in [-0.2, 0) is 11.2 Å². The molecule has 1 unspecified atom stereocenters. The number of hydrogen-bond acceptors (Lipinski definition) is 5. The fraction of sp³-hybridized carbons (Fsp3) is 0.300. The van der Waals surface area contributed by atoms with Crippen molar-refractivity contribution in [3.63, 3.8) is 0 Å². The highest BCUT2D eigenvalue weighted by Gasteiger charge is 2.22. The third-order valence-electron chi connectivity index (χ3n) is 2.29. The summed E-state index contributed by atoms with van der Waals surface area (Å²) in [6.45, 7) is 0. The van der Waals surface area contributed by atoms with E-state index in [-0.39, 0.29) is 12.1 Å². The molecule has 0 saturated carbocycles. The maximum atomic E-state index is 10.5. The van der Waals surface area contributed by atoms with Crippen molar-refractivity contribution >= 4 is 11.7 Å². The summed E-state index contributed by atoms with van der Waals surface area (Å²) in [6.07, 6.45) is -1.19. The maximum absolute atomic E-state index is 10.5. The van der Waals surface area contributed by atoms with E-state index in [4.69, 9.17) is 10.8 Å². The van der Waals surface area contributed by atoms with Crippen molar-refractivity contribution in [2.24, 2.45) is 5.73 Å².